The van der Waals surface area contributed by atoms with Crippen molar-refractivity contribution in [2.75, 3.05) is 6.61 Å². The maximum Gasteiger partial charge on any atom is 0.320 e. The number of hydrogen-bond acceptors (Lipinski definition) is 6. The van der Waals surface area contributed by atoms with Crippen molar-refractivity contribution in [3.63, 3.8) is 0 Å². The van der Waals surface area contributed by atoms with Gasteiger partial charge in [-0.25, -0.2) is 0 Å². The molecule has 0 aromatic carbocycles. The molecule has 1 heterocycles. The highest BCUT2D eigenvalue weighted by atomic mass is 16.6. The standard InChI is InChI=1S/C19H26O6/c1-10-6-7-14(24-12(3)20)15-16(25-13(4)21)19(9-18(10,15)5)11(2)8-23-17(19)22/h10,14-16H,2,6-9H2,1,3-5H3/t10-,14-,15+,16+,18+,19+/m0/s1. The van der Waals surface area contributed by atoms with Crippen LogP contribution in [0, 0.1) is 22.7 Å². The number of ether oxygens (including phenoxy) is 3. The van der Waals surface area contributed by atoms with E-state index in [4.69, 9.17) is 14.2 Å². The summed E-state index contributed by atoms with van der Waals surface area (Å²) in [5, 5.41) is 0. The van der Waals surface area contributed by atoms with Gasteiger partial charge in [-0.3, -0.25) is 14.4 Å². The zero-order valence-electron chi connectivity index (χ0n) is 15.3. The van der Waals surface area contributed by atoms with Gasteiger partial charge in [-0.05, 0) is 36.2 Å². The average molecular weight is 350 g/mol. The van der Waals surface area contributed by atoms with Crippen LogP contribution >= 0.6 is 0 Å². The second kappa shape index (κ2) is 5.85. The largest absolute Gasteiger partial charge is 0.462 e. The van der Waals surface area contributed by atoms with Crippen LogP contribution in [0.4, 0.5) is 0 Å². The predicted molar refractivity (Wildman–Crippen MR) is 88.3 cm³/mol. The lowest BCUT2D eigenvalue weighted by molar-refractivity contribution is -0.173. The van der Waals surface area contributed by atoms with Crippen LogP contribution in [0.15, 0.2) is 12.2 Å². The molecule has 3 fully saturated rings. The Labute approximate surface area is 147 Å². The van der Waals surface area contributed by atoms with Crippen molar-refractivity contribution >= 4 is 17.9 Å². The monoisotopic (exact) mass is 350 g/mol. The highest BCUT2D eigenvalue weighted by molar-refractivity contribution is 5.86. The zero-order valence-corrected chi connectivity index (χ0v) is 15.3. The summed E-state index contributed by atoms with van der Waals surface area (Å²) in [4.78, 5) is 36.2. The fourth-order valence-electron chi connectivity index (χ4n) is 5.28. The Hall–Kier alpha value is -1.85. The molecule has 25 heavy (non-hydrogen) atoms. The van der Waals surface area contributed by atoms with Crippen molar-refractivity contribution in [3.05, 3.63) is 12.2 Å². The van der Waals surface area contributed by atoms with Gasteiger partial charge < -0.3 is 14.2 Å². The van der Waals surface area contributed by atoms with Crippen molar-refractivity contribution in [2.24, 2.45) is 22.7 Å². The minimum Gasteiger partial charge on any atom is -0.462 e. The summed E-state index contributed by atoms with van der Waals surface area (Å²) in [6.45, 7) is 11.2. The van der Waals surface area contributed by atoms with Crippen LogP contribution in [0.5, 0.6) is 0 Å². The fourth-order valence-corrected chi connectivity index (χ4v) is 5.28. The molecule has 6 nitrogen and oxygen atoms in total. The van der Waals surface area contributed by atoms with Gasteiger partial charge in [0.1, 0.15) is 24.2 Å². The second-order valence-electron chi connectivity index (χ2n) is 8.02. The first-order valence-corrected chi connectivity index (χ1v) is 8.83. The number of esters is 3. The van der Waals surface area contributed by atoms with Gasteiger partial charge in [0.15, 0.2) is 0 Å². The molecule has 0 amide bonds. The van der Waals surface area contributed by atoms with Crippen LogP contribution in [0.1, 0.15) is 47.0 Å². The second-order valence-corrected chi connectivity index (χ2v) is 8.02. The zero-order chi connectivity index (χ0) is 18.6. The molecule has 0 bridgehead atoms. The van der Waals surface area contributed by atoms with Crippen molar-refractivity contribution in [1.82, 2.24) is 0 Å². The van der Waals surface area contributed by atoms with Gasteiger partial charge >= 0.3 is 17.9 Å². The van der Waals surface area contributed by atoms with Gasteiger partial charge in [-0.15, -0.1) is 0 Å². The summed E-state index contributed by atoms with van der Waals surface area (Å²) < 4.78 is 16.6. The highest BCUT2D eigenvalue weighted by Gasteiger charge is 2.71. The molecule has 2 aliphatic carbocycles. The molecule has 1 saturated heterocycles. The van der Waals surface area contributed by atoms with E-state index in [0.717, 1.165) is 6.42 Å². The third-order valence-electron chi connectivity index (χ3n) is 6.63. The maximum absolute atomic E-state index is 12.7. The minimum absolute atomic E-state index is 0.145. The Kier molecular flexibility index (Phi) is 4.20. The fraction of sp³-hybridized carbons (Fsp3) is 0.737. The SMILES string of the molecule is C=C1COC(=O)[C@]12C[C@@]1(C)[C@H]([C@@H](OC(C)=O)CC[C@@H]1C)[C@H]2OC(C)=O. The number of hydrogen-bond donors (Lipinski definition) is 0. The first-order chi connectivity index (χ1) is 11.6. The Balaban J connectivity index is 2.12. The number of carbonyl (C=O) groups is 3. The first-order valence-electron chi connectivity index (χ1n) is 8.83. The normalized spacial score (nSPS) is 42.9. The summed E-state index contributed by atoms with van der Waals surface area (Å²) in [5.74, 6) is -1.17. The summed E-state index contributed by atoms with van der Waals surface area (Å²) in [5.41, 5.74) is -0.708. The van der Waals surface area contributed by atoms with Crippen molar-refractivity contribution < 1.29 is 28.6 Å². The summed E-state index contributed by atoms with van der Waals surface area (Å²) in [6.07, 6.45) is 0.971. The lowest BCUT2D eigenvalue weighted by Crippen LogP contribution is -2.50. The molecular weight excluding hydrogens is 324 g/mol. The van der Waals surface area contributed by atoms with Crippen molar-refractivity contribution in [3.8, 4) is 0 Å². The van der Waals surface area contributed by atoms with Gasteiger partial charge in [0.25, 0.3) is 0 Å². The van der Waals surface area contributed by atoms with Gasteiger partial charge in [-0.2, -0.15) is 0 Å². The van der Waals surface area contributed by atoms with Gasteiger partial charge in [0, 0.05) is 19.8 Å². The van der Waals surface area contributed by atoms with Crippen LogP contribution in [0.3, 0.4) is 0 Å². The third kappa shape index (κ3) is 2.49. The van der Waals surface area contributed by atoms with Gasteiger partial charge in [0.2, 0.25) is 0 Å². The maximum atomic E-state index is 12.7. The quantitative estimate of drug-likeness (QED) is 0.432. The number of rotatable bonds is 2. The molecule has 0 radical (unpaired) electrons. The number of cyclic esters (lactones) is 1. The summed E-state index contributed by atoms with van der Waals surface area (Å²) >= 11 is 0. The molecule has 6 atom stereocenters. The van der Waals surface area contributed by atoms with E-state index < -0.39 is 17.5 Å². The van der Waals surface area contributed by atoms with E-state index in [1.54, 1.807) is 0 Å². The Morgan fingerprint density at radius 2 is 1.84 bits per heavy atom. The molecule has 0 aromatic heterocycles. The molecule has 1 aliphatic heterocycles. The Bertz CT molecular complexity index is 622. The molecule has 2 saturated carbocycles. The van der Waals surface area contributed by atoms with E-state index >= 15 is 0 Å². The highest BCUT2D eigenvalue weighted by Crippen LogP contribution is 2.66. The molecular formula is C19H26O6. The molecule has 138 valence electrons. The molecule has 0 aromatic rings. The Morgan fingerprint density at radius 3 is 2.36 bits per heavy atom. The molecule has 3 rings (SSSR count). The number of fused-ring (bicyclic) bond motifs is 1. The smallest absolute Gasteiger partial charge is 0.320 e. The summed E-state index contributed by atoms with van der Waals surface area (Å²) in [6, 6.07) is 0. The van der Waals surface area contributed by atoms with Crippen LogP contribution in [0.25, 0.3) is 0 Å². The van der Waals surface area contributed by atoms with E-state index in [9.17, 15) is 14.4 Å². The number of carbonyl (C=O) groups excluding carboxylic acids is 3. The average Bonchev–Trinajstić information content (AvgIpc) is 2.93. The van der Waals surface area contributed by atoms with Crippen LogP contribution in [-0.4, -0.2) is 36.7 Å². The summed E-state index contributed by atoms with van der Waals surface area (Å²) in [7, 11) is 0. The molecule has 0 N–H and O–H groups in total. The predicted octanol–water partition coefficient (Wildman–Crippen LogP) is 2.41. The van der Waals surface area contributed by atoms with Crippen LogP contribution < -0.4 is 0 Å². The van der Waals surface area contributed by atoms with E-state index in [-0.39, 0.29) is 36.0 Å². The van der Waals surface area contributed by atoms with E-state index in [2.05, 4.69) is 20.4 Å². The minimum atomic E-state index is -1.04. The Morgan fingerprint density at radius 1 is 1.20 bits per heavy atom. The first kappa shape index (κ1) is 18.0. The van der Waals surface area contributed by atoms with Crippen molar-refractivity contribution in [1.29, 1.82) is 0 Å². The van der Waals surface area contributed by atoms with Crippen LogP contribution in [-0.2, 0) is 28.6 Å². The van der Waals surface area contributed by atoms with E-state index in [1.165, 1.54) is 13.8 Å². The van der Waals surface area contributed by atoms with E-state index in [1.807, 2.05) is 0 Å². The van der Waals surface area contributed by atoms with Gasteiger partial charge in [0.05, 0.1) is 0 Å². The third-order valence-corrected chi connectivity index (χ3v) is 6.63. The van der Waals surface area contributed by atoms with Crippen molar-refractivity contribution in [2.45, 2.75) is 59.2 Å². The lowest BCUT2D eigenvalue weighted by Gasteiger charge is -2.46. The molecule has 0 unspecified atom stereocenters. The van der Waals surface area contributed by atoms with Crippen LogP contribution in [0.2, 0.25) is 0 Å². The van der Waals surface area contributed by atoms with Gasteiger partial charge in [-0.1, -0.05) is 20.4 Å². The molecule has 1 spiro atoms. The van der Waals surface area contributed by atoms with E-state index in [0.29, 0.717) is 24.3 Å². The topological polar surface area (TPSA) is 78.9 Å². The molecule has 6 heteroatoms. The molecule has 3 aliphatic rings. The lowest BCUT2D eigenvalue weighted by atomic mass is 9.61.